The number of nitrogens with one attached hydrogen (secondary N) is 1. The molecule has 2 heterocycles. The van der Waals surface area contributed by atoms with E-state index in [1.807, 2.05) is 38.1 Å². The van der Waals surface area contributed by atoms with Crippen LogP contribution in [0.2, 0.25) is 0 Å². The number of anilines is 2. The number of hydrogen-bond donors (Lipinski definition) is 1. The Balaban J connectivity index is 1.58. The Morgan fingerprint density at radius 2 is 1.79 bits per heavy atom. The van der Waals surface area contributed by atoms with Gasteiger partial charge in [0.1, 0.15) is 11.3 Å². The standard InChI is InChI=1S/C23H24N2O4/c1-15(2)28-18-9-10-19-20(14-22(26)29-21(19)13-18)23(27)24-16-5-7-17(8-6-16)25-11-3-4-12-25/h5-10,13-15H,3-4,11-12H2,1-2H3,(H,24,27). The molecule has 1 aliphatic heterocycles. The molecule has 0 aliphatic carbocycles. The highest BCUT2D eigenvalue weighted by Crippen LogP contribution is 2.25. The van der Waals surface area contributed by atoms with Crippen LogP contribution in [0.15, 0.2) is 57.7 Å². The van der Waals surface area contributed by atoms with Crippen molar-refractivity contribution in [3.8, 4) is 5.75 Å². The SMILES string of the molecule is CC(C)Oc1ccc2c(C(=O)Nc3ccc(N4CCCC4)cc3)cc(=O)oc2c1. The number of fused-ring (bicyclic) bond motifs is 1. The van der Waals surface area contributed by atoms with Crippen molar-refractivity contribution >= 4 is 28.3 Å². The average molecular weight is 392 g/mol. The van der Waals surface area contributed by atoms with Gasteiger partial charge in [0, 0.05) is 42.0 Å². The van der Waals surface area contributed by atoms with E-state index in [9.17, 15) is 9.59 Å². The van der Waals surface area contributed by atoms with Crippen LogP contribution in [0, 0.1) is 0 Å². The highest BCUT2D eigenvalue weighted by atomic mass is 16.5. The van der Waals surface area contributed by atoms with Crippen LogP contribution < -0.4 is 20.6 Å². The number of amides is 1. The van der Waals surface area contributed by atoms with Crippen molar-refractivity contribution < 1.29 is 13.9 Å². The highest BCUT2D eigenvalue weighted by molar-refractivity contribution is 6.12. The Kier molecular flexibility index (Phi) is 5.25. The molecule has 0 spiro atoms. The van der Waals surface area contributed by atoms with E-state index in [0.717, 1.165) is 18.8 Å². The van der Waals surface area contributed by atoms with Gasteiger partial charge in [-0.15, -0.1) is 0 Å². The first-order valence-electron chi connectivity index (χ1n) is 9.90. The lowest BCUT2D eigenvalue weighted by molar-refractivity contribution is 0.102. The maximum absolute atomic E-state index is 12.9. The number of nitrogens with zero attached hydrogens (tertiary/aromatic N) is 1. The Morgan fingerprint density at radius 1 is 1.07 bits per heavy atom. The monoisotopic (exact) mass is 392 g/mol. The summed E-state index contributed by atoms with van der Waals surface area (Å²) in [6.45, 7) is 5.97. The summed E-state index contributed by atoms with van der Waals surface area (Å²) >= 11 is 0. The Morgan fingerprint density at radius 3 is 2.48 bits per heavy atom. The second-order valence-corrected chi connectivity index (χ2v) is 7.50. The summed E-state index contributed by atoms with van der Waals surface area (Å²) in [4.78, 5) is 27.2. The molecule has 1 aliphatic rings. The van der Waals surface area contributed by atoms with Crippen molar-refractivity contribution in [2.45, 2.75) is 32.8 Å². The lowest BCUT2D eigenvalue weighted by Crippen LogP contribution is -2.18. The number of hydrogen-bond acceptors (Lipinski definition) is 5. The molecule has 150 valence electrons. The normalized spacial score (nSPS) is 13.8. The lowest BCUT2D eigenvalue weighted by Gasteiger charge is -2.17. The molecular formula is C23H24N2O4. The van der Waals surface area contributed by atoms with E-state index in [0.29, 0.717) is 22.4 Å². The van der Waals surface area contributed by atoms with Crippen molar-refractivity contribution in [2.24, 2.45) is 0 Å². The van der Waals surface area contributed by atoms with Crippen molar-refractivity contribution in [1.29, 1.82) is 0 Å². The van der Waals surface area contributed by atoms with Crippen LogP contribution in [0.4, 0.5) is 11.4 Å². The number of carbonyl (C=O) groups excluding carboxylic acids is 1. The smallest absolute Gasteiger partial charge is 0.337 e. The molecule has 1 fully saturated rings. The van der Waals surface area contributed by atoms with E-state index >= 15 is 0 Å². The lowest BCUT2D eigenvalue weighted by atomic mass is 10.1. The van der Waals surface area contributed by atoms with Gasteiger partial charge in [-0.3, -0.25) is 4.79 Å². The maximum atomic E-state index is 12.9. The van der Waals surface area contributed by atoms with E-state index in [4.69, 9.17) is 9.15 Å². The minimum absolute atomic E-state index is 0.00538. The van der Waals surface area contributed by atoms with Crippen LogP contribution >= 0.6 is 0 Å². The zero-order valence-corrected chi connectivity index (χ0v) is 16.6. The molecule has 1 aromatic heterocycles. The fourth-order valence-electron chi connectivity index (χ4n) is 3.61. The van der Waals surface area contributed by atoms with Gasteiger partial charge in [0.05, 0.1) is 11.7 Å². The molecule has 0 unspecified atom stereocenters. The molecule has 1 amide bonds. The Bertz CT molecular complexity index is 1080. The van der Waals surface area contributed by atoms with Gasteiger partial charge in [-0.1, -0.05) is 0 Å². The molecule has 6 heteroatoms. The zero-order valence-electron chi connectivity index (χ0n) is 16.6. The van der Waals surface area contributed by atoms with Crippen LogP contribution in [-0.4, -0.2) is 25.1 Å². The van der Waals surface area contributed by atoms with Crippen LogP contribution in [0.5, 0.6) is 5.75 Å². The molecule has 6 nitrogen and oxygen atoms in total. The summed E-state index contributed by atoms with van der Waals surface area (Å²) in [5, 5.41) is 3.43. The quantitative estimate of drug-likeness (QED) is 0.650. The van der Waals surface area contributed by atoms with E-state index in [2.05, 4.69) is 10.2 Å². The molecule has 3 aromatic rings. The number of benzene rings is 2. The number of ether oxygens (including phenoxy) is 1. The minimum atomic E-state index is -0.575. The predicted molar refractivity (Wildman–Crippen MR) is 114 cm³/mol. The second-order valence-electron chi connectivity index (χ2n) is 7.50. The first kappa shape index (κ1) is 19.1. The van der Waals surface area contributed by atoms with Gasteiger partial charge in [0.15, 0.2) is 0 Å². The minimum Gasteiger partial charge on any atom is -0.491 e. The van der Waals surface area contributed by atoms with Gasteiger partial charge in [0.25, 0.3) is 5.91 Å². The molecule has 2 aromatic carbocycles. The molecule has 0 atom stereocenters. The molecule has 1 N–H and O–H groups in total. The number of carbonyl (C=O) groups is 1. The van der Waals surface area contributed by atoms with Gasteiger partial charge in [-0.25, -0.2) is 4.79 Å². The molecule has 29 heavy (non-hydrogen) atoms. The average Bonchev–Trinajstić information content (AvgIpc) is 3.22. The molecule has 0 bridgehead atoms. The predicted octanol–water partition coefficient (Wildman–Crippen LogP) is 4.43. The highest BCUT2D eigenvalue weighted by Gasteiger charge is 2.16. The van der Waals surface area contributed by atoms with E-state index in [1.165, 1.54) is 18.9 Å². The molecular weight excluding hydrogens is 368 g/mol. The van der Waals surface area contributed by atoms with Crippen LogP contribution in [-0.2, 0) is 0 Å². The van der Waals surface area contributed by atoms with Crippen molar-refractivity contribution in [3.63, 3.8) is 0 Å². The molecule has 4 rings (SSSR count). The third-order valence-corrected chi connectivity index (χ3v) is 4.93. The fraction of sp³-hybridized carbons (Fsp3) is 0.304. The maximum Gasteiger partial charge on any atom is 0.337 e. The van der Waals surface area contributed by atoms with Crippen molar-refractivity contribution in [3.05, 3.63) is 64.5 Å². The van der Waals surface area contributed by atoms with Gasteiger partial charge < -0.3 is 19.4 Å². The zero-order chi connectivity index (χ0) is 20.4. The third-order valence-electron chi connectivity index (χ3n) is 4.93. The largest absolute Gasteiger partial charge is 0.491 e. The van der Waals surface area contributed by atoms with E-state index < -0.39 is 5.63 Å². The summed E-state index contributed by atoms with van der Waals surface area (Å²) in [7, 11) is 0. The van der Waals surface area contributed by atoms with Gasteiger partial charge in [-0.05, 0) is 63.1 Å². The number of rotatable bonds is 5. The van der Waals surface area contributed by atoms with Gasteiger partial charge in [-0.2, -0.15) is 0 Å². The summed E-state index contributed by atoms with van der Waals surface area (Å²) in [5.74, 6) is 0.236. The fourth-order valence-corrected chi connectivity index (χ4v) is 3.61. The van der Waals surface area contributed by atoms with Crippen molar-refractivity contribution in [2.75, 3.05) is 23.3 Å². The third kappa shape index (κ3) is 4.26. The summed E-state index contributed by atoms with van der Waals surface area (Å²) in [5.41, 5.74) is 1.86. The second kappa shape index (κ2) is 7.99. The molecule has 0 radical (unpaired) electrons. The van der Waals surface area contributed by atoms with Crippen molar-refractivity contribution in [1.82, 2.24) is 0 Å². The Hall–Kier alpha value is -3.28. The van der Waals surface area contributed by atoms with Gasteiger partial charge in [0.2, 0.25) is 0 Å². The first-order chi connectivity index (χ1) is 14.0. The molecule has 0 saturated carbocycles. The topological polar surface area (TPSA) is 71.8 Å². The molecule has 1 saturated heterocycles. The van der Waals surface area contributed by atoms with Crippen LogP contribution in [0.1, 0.15) is 37.0 Å². The van der Waals surface area contributed by atoms with Crippen LogP contribution in [0.3, 0.4) is 0 Å². The Labute approximate surface area is 169 Å². The summed E-state index contributed by atoms with van der Waals surface area (Å²) in [6.07, 6.45) is 2.42. The first-order valence-corrected chi connectivity index (χ1v) is 9.90. The summed E-state index contributed by atoms with van der Waals surface area (Å²) in [6, 6.07) is 14.1. The van der Waals surface area contributed by atoms with E-state index in [-0.39, 0.29) is 17.6 Å². The van der Waals surface area contributed by atoms with E-state index in [1.54, 1.807) is 18.2 Å². The summed E-state index contributed by atoms with van der Waals surface area (Å²) < 4.78 is 10.9. The van der Waals surface area contributed by atoms with Crippen LogP contribution in [0.25, 0.3) is 11.0 Å². The van der Waals surface area contributed by atoms with Gasteiger partial charge >= 0.3 is 5.63 Å².